The van der Waals surface area contributed by atoms with Crippen LogP contribution in [-0.4, -0.2) is 76.7 Å². The molecular weight excluding hydrogens is 404 g/mol. The molecule has 2 aliphatic heterocycles. The van der Waals surface area contributed by atoms with Crippen molar-refractivity contribution in [1.29, 1.82) is 0 Å². The summed E-state index contributed by atoms with van der Waals surface area (Å²) in [6, 6.07) is 11.5. The summed E-state index contributed by atoms with van der Waals surface area (Å²) in [6.07, 6.45) is 5.15. The van der Waals surface area contributed by atoms with Gasteiger partial charge < -0.3 is 14.7 Å². The molecule has 0 radical (unpaired) electrons. The normalized spacial score (nSPS) is 21.4. The van der Waals surface area contributed by atoms with E-state index in [4.69, 9.17) is 0 Å². The zero-order valence-corrected chi connectivity index (χ0v) is 18.7. The first-order valence-corrected chi connectivity index (χ1v) is 11.3. The third-order valence-electron chi connectivity index (χ3n) is 6.43. The van der Waals surface area contributed by atoms with E-state index in [1.54, 1.807) is 23.0 Å². The summed E-state index contributed by atoms with van der Waals surface area (Å²) in [5.41, 5.74) is 3.10. The zero-order chi connectivity index (χ0) is 22.7. The fourth-order valence-electron chi connectivity index (χ4n) is 4.65. The van der Waals surface area contributed by atoms with Crippen LogP contribution < -0.4 is 0 Å². The Balaban J connectivity index is 1.54. The van der Waals surface area contributed by atoms with Crippen molar-refractivity contribution < 1.29 is 14.4 Å². The van der Waals surface area contributed by atoms with Gasteiger partial charge in [0.05, 0.1) is 5.92 Å². The average Bonchev–Trinajstić information content (AvgIpc) is 3.15. The summed E-state index contributed by atoms with van der Waals surface area (Å²) in [7, 11) is 1.72. The lowest BCUT2D eigenvalue weighted by atomic mass is 9.96. The van der Waals surface area contributed by atoms with Crippen LogP contribution in [0.15, 0.2) is 48.8 Å². The molecule has 3 amide bonds. The Kier molecular flexibility index (Phi) is 6.53. The Bertz CT molecular complexity index is 976. The van der Waals surface area contributed by atoms with Gasteiger partial charge in [0.25, 0.3) is 0 Å². The SMILES string of the molecule is CCCN1CCN(C(=O)[C@H]2CC(=O)N(C)C2)[C@@H](Cc2ccc(-c3cccnc3)cc2)C1=O. The maximum atomic E-state index is 13.3. The summed E-state index contributed by atoms with van der Waals surface area (Å²) in [6.45, 7) is 4.23. The standard InChI is InChI=1S/C25H30N4O3/c1-3-11-28-12-13-29(24(31)21-15-23(30)27(2)17-21)22(25(28)32)14-18-6-8-19(9-7-18)20-5-4-10-26-16-20/h4-10,16,21-22H,3,11-15,17H2,1-2H3/t21-,22-/m0/s1. The van der Waals surface area contributed by atoms with E-state index in [1.807, 2.05) is 47.5 Å². The predicted octanol–water partition coefficient (Wildman–Crippen LogP) is 2.22. The number of piperazine rings is 1. The summed E-state index contributed by atoms with van der Waals surface area (Å²) >= 11 is 0. The molecule has 0 unspecified atom stereocenters. The number of aromatic nitrogens is 1. The molecule has 1 aromatic heterocycles. The Morgan fingerprint density at radius 1 is 1.09 bits per heavy atom. The van der Waals surface area contributed by atoms with E-state index in [-0.39, 0.29) is 30.1 Å². The molecule has 1 aromatic carbocycles. The fourth-order valence-corrected chi connectivity index (χ4v) is 4.65. The van der Waals surface area contributed by atoms with Crippen molar-refractivity contribution in [2.75, 3.05) is 33.2 Å². The number of hydrogen-bond donors (Lipinski definition) is 0. The van der Waals surface area contributed by atoms with Crippen molar-refractivity contribution in [1.82, 2.24) is 19.7 Å². The average molecular weight is 435 g/mol. The van der Waals surface area contributed by atoms with E-state index in [0.717, 1.165) is 23.1 Å². The second-order valence-electron chi connectivity index (χ2n) is 8.69. The lowest BCUT2D eigenvalue weighted by Crippen LogP contribution is -2.60. The monoisotopic (exact) mass is 434 g/mol. The Labute approximate surface area is 189 Å². The molecule has 2 atom stereocenters. The summed E-state index contributed by atoms with van der Waals surface area (Å²) in [4.78, 5) is 48.0. The van der Waals surface area contributed by atoms with Crippen molar-refractivity contribution in [3.63, 3.8) is 0 Å². The van der Waals surface area contributed by atoms with Crippen LogP contribution >= 0.6 is 0 Å². The number of amides is 3. The molecule has 2 aromatic rings. The second kappa shape index (κ2) is 9.51. The molecule has 32 heavy (non-hydrogen) atoms. The van der Waals surface area contributed by atoms with E-state index in [9.17, 15) is 14.4 Å². The van der Waals surface area contributed by atoms with Crippen LogP contribution in [0.3, 0.4) is 0 Å². The number of rotatable bonds is 6. The molecule has 2 aliphatic rings. The van der Waals surface area contributed by atoms with Gasteiger partial charge in [0.15, 0.2) is 0 Å². The molecule has 7 heteroatoms. The highest BCUT2D eigenvalue weighted by atomic mass is 16.2. The number of benzene rings is 1. The molecule has 168 valence electrons. The summed E-state index contributed by atoms with van der Waals surface area (Å²) in [5, 5.41) is 0. The summed E-state index contributed by atoms with van der Waals surface area (Å²) < 4.78 is 0. The number of likely N-dealkylation sites (tertiary alicyclic amines) is 1. The highest BCUT2D eigenvalue weighted by molar-refractivity contribution is 5.93. The fraction of sp³-hybridized carbons (Fsp3) is 0.440. The Morgan fingerprint density at radius 3 is 2.50 bits per heavy atom. The molecule has 2 fully saturated rings. The largest absolute Gasteiger partial charge is 0.345 e. The number of carbonyl (C=O) groups is 3. The molecule has 7 nitrogen and oxygen atoms in total. The van der Waals surface area contributed by atoms with Gasteiger partial charge >= 0.3 is 0 Å². The second-order valence-corrected chi connectivity index (χ2v) is 8.69. The van der Waals surface area contributed by atoms with Gasteiger partial charge in [-0.3, -0.25) is 19.4 Å². The van der Waals surface area contributed by atoms with Crippen molar-refractivity contribution in [2.24, 2.45) is 5.92 Å². The van der Waals surface area contributed by atoms with Crippen LogP contribution in [0.4, 0.5) is 0 Å². The van der Waals surface area contributed by atoms with E-state index >= 15 is 0 Å². The number of carbonyl (C=O) groups excluding carboxylic acids is 3. The van der Waals surface area contributed by atoms with E-state index in [2.05, 4.69) is 11.9 Å². The third kappa shape index (κ3) is 4.52. The Morgan fingerprint density at radius 2 is 1.88 bits per heavy atom. The van der Waals surface area contributed by atoms with Gasteiger partial charge in [-0.15, -0.1) is 0 Å². The molecular formula is C25H30N4O3. The zero-order valence-electron chi connectivity index (χ0n) is 18.7. The molecule has 0 aliphatic carbocycles. The molecule has 0 spiro atoms. The molecule has 0 N–H and O–H groups in total. The summed E-state index contributed by atoms with van der Waals surface area (Å²) in [5.74, 6) is -0.458. The van der Waals surface area contributed by atoms with Crippen molar-refractivity contribution in [3.05, 3.63) is 54.4 Å². The van der Waals surface area contributed by atoms with E-state index < -0.39 is 6.04 Å². The van der Waals surface area contributed by atoms with Gasteiger partial charge in [0, 0.05) is 58.5 Å². The topological polar surface area (TPSA) is 73.8 Å². The molecule has 4 rings (SSSR count). The number of pyridine rings is 1. The maximum absolute atomic E-state index is 13.3. The molecule has 2 saturated heterocycles. The number of hydrogen-bond acceptors (Lipinski definition) is 4. The van der Waals surface area contributed by atoms with Crippen LogP contribution in [-0.2, 0) is 20.8 Å². The van der Waals surface area contributed by atoms with Gasteiger partial charge in [0.1, 0.15) is 6.04 Å². The van der Waals surface area contributed by atoms with Gasteiger partial charge in [0.2, 0.25) is 17.7 Å². The van der Waals surface area contributed by atoms with Gasteiger partial charge in [-0.1, -0.05) is 37.3 Å². The van der Waals surface area contributed by atoms with Crippen molar-refractivity contribution >= 4 is 17.7 Å². The number of nitrogens with zero attached hydrogens (tertiary/aromatic N) is 4. The van der Waals surface area contributed by atoms with Crippen molar-refractivity contribution in [2.45, 2.75) is 32.2 Å². The van der Waals surface area contributed by atoms with Crippen LogP contribution in [0, 0.1) is 5.92 Å². The lowest BCUT2D eigenvalue weighted by molar-refractivity contribution is -0.153. The van der Waals surface area contributed by atoms with Gasteiger partial charge in [-0.05, 0) is 29.2 Å². The van der Waals surface area contributed by atoms with Crippen LogP contribution in [0.1, 0.15) is 25.3 Å². The first-order valence-electron chi connectivity index (χ1n) is 11.3. The highest BCUT2D eigenvalue weighted by Gasteiger charge is 2.42. The molecule has 0 bridgehead atoms. The minimum atomic E-state index is -0.534. The lowest BCUT2D eigenvalue weighted by Gasteiger charge is -2.41. The highest BCUT2D eigenvalue weighted by Crippen LogP contribution is 2.25. The van der Waals surface area contributed by atoms with Crippen LogP contribution in [0.5, 0.6) is 0 Å². The molecule has 0 saturated carbocycles. The predicted molar refractivity (Wildman–Crippen MR) is 121 cm³/mol. The Hall–Kier alpha value is -3.22. The van der Waals surface area contributed by atoms with E-state index in [1.165, 1.54) is 0 Å². The van der Waals surface area contributed by atoms with E-state index in [0.29, 0.717) is 32.6 Å². The third-order valence-corrected chi connectivity index (χ3v) is 6.43. The first-order chi connectivity index (χ1) is 15.5. The van der Waals surface area contributed by atoms with Crippen molar-refractivity contribution in [3.8, 4) is 11.1 Å². The van der Waals surface area contributed by atoms with Gasteiger partial charge in [-0.2, -0.15) is 0 Å². The first kappa shape index (κ1) is 22.0. The minimum Gasteiger partial charge on any atom is -0.345 e. The van der Waals surface area contributed by atoms with Crippen LogP contribution in [0.2, 0.25) is 0 Å². The quantitative estimate of drug-likeness (QED) is 0.699. The van der Waals surface area contributed by atoms with Crippen LogP contribution in [0.25, 0.3) is 11.1 Å². The molecule has 3 heterocycles. The minimum absolute atomic E-state index is 0.000430. The maximum Gasteiger partial charge on any atom is 0.245 e. The smallest absolute Gasteiger partial charge is 0.245 e. The van der Waals surface area contributed by atoms with Gasteiger partial charge in [-0.25, -0.2) is 0 Å².